The molecule has 3 aromatic carbocycles. The number of carbonyl (C=O) groups is 1. The van der Waals surface area contributed by atoms with Crippen molar-refractivity contribution in [3.8, 4) is 22.6 Å². The van der Waals surface area contributed by atoms with Crippen molar-refractivity contribution >= 4 is 5.97 Å². The molecule has 1 aliphatic carbocycles. The standard InChI is InChI=1S/C25H21FO4/c26-19-5-9-23-17(13-19)12-18-14-21(8-10-24(18)23)30-25(27)16-3-6-20(7-4-16)28-11-1-2-22-15-29-22/h3-10,13-14,22H,1-2,11-12,15H2. The Hall–Kier alpha value is -3.18. The highest BCUT2D eigenvalue weighted by Gasteiger charge is 2.21. The highest BCUT2D eigenvalue weighted by molar-refractivity contribution is 5.91. The third-order valence-corrected chi connectivity index (χ3v) is 5.46. The number of halogens is 1. The van der Waals surface area contributed by atoms with Crippen molar-refractivity contribution in [3.63, 3.8) is 0 Å². The van der Waals surface area contributed by atoms with Gasteiger partial charge in [-0.3, -0.25) is 0 Å². The lowest BCUT2D eigenvalue weighted by Gasteiger charge is -2.08. The summed E-state index contributed by atoms with van der Waals surface area (Å²) in [6.07, 6.45) is 3.02. The van der Waals surface area contributed by atoms with E-state index in [2.05, 4.69) is 0 Å². The second kappa shape index (κ2) is 7.92. The maximum Gasteiger partial charge on any atom is 0.343 e. The molecule has 1 fully saturated rings. The van der Waals surface area contributed by atoms with Crippen molar-refractivity contribution < 1.29 is 23.4 Å². The average Bonchev–Trinajstić information content (AvgIpc) is 3.50. The molecule has 152 valence electrons. The summed E-state index contributed by atoms with van der Waals surface area (Å²) in [5.74, 6) is 0.548. The molecule has 30 heavy (non-hydrogen) atoms. The Kier molecular flexibility index (Phi) is 4.97. The van der Waals surface area contributed by atoms with Crippen LogP contribution in [0, 0.1) is 5.82 Å². The Labute approximate surface area is 174 Å². The molecule has 3 aromatic rings. The third kappa shape index (κ3) is 4.07. The monoisotopic (exact) mass is 404 g/mol. The second-order valence-corrected chi connectivity index (χ2v) is 7.66. The van der Waals surface area contributed by atoms with Gasteiger partial charge < -0.3 is 14.2 Å². The molecule has 5 rings (SSSR count). The summed E-state index contributed by atoms with van der Waals surface area (Å²) in [6.45, 7) is 1.50. The molecule has 0 spiro atoms. The van der Waals surface area contributed by atoms with E-state index in [1.165, 1.54) is 6.07 Å². The molecule has 4 nitrogen and oxygen atoms in total. The predicted molar refractivity (Wildman–Crippen MR) is 111 cm³/mol. The highest BCUT2D eigenvalue weighted by atomic mass is 19.1. The van der Waals surface area contributed by atoms with Crippen molar-refractivity contribution in [1.29, 1.82) is 0 Å². The van der Waals surface area contributed by atoms with Crippen LogP contribution in [0.1, 0.15) is 34.3 Å². The Morgan fingerprint density at radius 1 is 0.967 bits per heavy atom. The number of ether oxygens (including phenoxy) is 3. The van der Waals surface area contributed by atoms with Crippen molar-refractivity contribution in [2.45, 2.75) is 25.4 Å². The van der Waals surface area contributed by atoms with Gasteiger partial charge in [0.25, 0.3) is 0 Å². The lowest BCUT2D eigenvalue weighted by Crippen LogP contribution is -2.08. The number of hydrogen-bond donors (Lipinski definition) is 0. The number of esters is 1. The topological polar surface area (TPSA) is 48.1 Å². The van der Waals surface area contributed by atoms with Crippen LogP contribution in [0.15, 0.2) is 60.7 Å². The van der Waals surface area contributed by atoms with E-state index in [0.29, 0.717) is 30.4 Å². The first kappa shape index (κ1) is 18.8. The van der Waals surface area contributed by atoms with Gasteiger partial charge >= 0.3 is 5.97 Å². The fraction of sp³-hybridized carbons (Fsp3) is 0.240. The maximum atomic E-state index is 13.5. The summed E-state index contributed by atoms with van der Waals surface area (Å²) in [7, 11) is 0. The number of hydrogen-bond acceptors (Lipinski definition) is 4. The van der Waals surface area contributed by atoms with Gasteiger partial charge in [-0.15, -0.1) is 0 Å². The molecular formula is C25H21FO4. The minimum absolute atomic E-state index is 0.238. The van der Waals surface area contributed by atoms with Crippen LogP contribution in [0.5, 0.6) is 11.5 Å². The smallest absolute Gasteiger partial charge is 0.343 e. The zero-order valence-electron chi connectivity index (χ0n) is 16.4. The minimum Gasteiger partial charge on any atom is -0.494 e. The molecule has 1 atom stereocenters. The van der Waals surface area contributed by atoms with Gasteiger partial charge in [0.05, 0.1) is 24.9 Å². The Bertz CT molecular complexity index is 1090. The molecule has 0 N–H and O–H groups in total. The summed E-state index contributed by atoms with van der Waals surface area (Å²) in [5, 5.41) is 0. The summed E-state index contributed by atoms with van der Waals surface area (Å²) in [6, 6.07) is 17.3. The zero-order chi connectivity index (χ0) is 20.5. The number of fused-ring (bicyclic) bond motifs is 3. The normalized spacial score (nSPS) is 16.0. The minimum atomic E-state index is -0.422. The molecule has 1 heterocycles. The van der Waals surface area contributed by atoms with E-state index in [0.717, 1.165) is 47.5 Å². The van der Waals surface area contributed by atoms with E-state index in [4.69, 9.17) is 14.2 Å². The van der Waals surface area contributed by atoms with Crippen LogP contribution >= 0.6 is 0 Å². The van der Waals surface area contributed by atoms with E-state index in [1.807, 2.05) is 12.1 Å². The fourth-order valence-corrected chi connectivity index (χ4v) is 3.81. The average molecular weight is 404 g/mol. The molecule has 0 saturated carbocycles. The quantitative estimate of drug-likeness (QED) is 0.184. The summed E-state index contributed by atoms with van der Waals surface area (Å²) in [4.78, 5) is 12.5. The molecule has 0 radical (unpaired) electrons. The van der Waals surface area contributed by atoms with Crippen molar-refractivity contribution in [1.82, 2.24) is 0 Å². The molecule has 2 aliphatic rings. The number of benzene rings is 3. The first-order valence-electron chi connectivity index (χ1n) is 10.1. The van der Waals surface area contributed by atoms with Crippen molar-refractivity contribution in [2.75, 3.05) is 13.2 Å². The van der Waals surface area contributed by atoms with Crippen molar-refractivity contribution in [2.24, 2.45) is 0 Å². The number of carbonyl (C=O) groups excluding carboxylic acids is 1. The van der Waals surface area contributed by atoms with Gasteiger partial charge in [-0.25, -0.2) is 9.18 Å². The number of epoxide rings is 1. The van der Waals surface area contributed by atoms with Crippen LogP contribution in [0.3, 0.4) is 0 Å². The van der Waals surface area contributed by atoms with Gasteiger partial charge in [-0.2, -0.15) is 0 Å². The van der Waals surface area contributed by atoms with E-state index in [1.54, 1.807) is 42.5 Å². The van der Waals surface area contributed by atoms with Crippen LogP contribution < -0.4 is 9.47 Å². The van der Waals surface area contributed by atoms with Crippen molar-refractivity contribution in [3.05, 3.63) is 83.2 Å². The fourth-order valence-electron chi connectivity index (χ4n) is 3.81. The first-order chi connectivity index (χ1) is 14.7. The van der Waals surface area contributed by atoms with E-state index in [9.17, 15) is 9.18 Å². The van der Waals surface area contributed by atoms with Crippen LogP contribution in [0.25, 0.3) is 11.1 Å². The molecule has 1 aliphatic heterocycles. The van der Waals surface area contributed by atoms with Gasteiger partial charge in [-0.05, 0) is 90.0 Å². The Morgan fingerprint density at radius 3 is 2.43 bits per heavy atom. The third-order valence-electron chi connectivity index (χ3n) is 5.46. The highest BCUT2D eigenvalue weighted by Crippen LogP contribution is 2.38. The van der Waals surface area contributed by atoms with E-state index < -0.39 is 5.97 Å². The van der Waals surface area contributed by atoms with E-state index in [-0.39, 0.29) is 5.82 Å². The summed E-state index contributed by atoms with van der Waals surface area (Å²) in [5.41, 5.74) is 4.53. The van der Waals surface area contributed by atoms with Crippen LogP contribution in [0.2, 0.25) is 0 Å². The second-order valence-electron chi connectivity index (χ2n) is 7.66. The van der Waals surface area contributed by atoms with E-state index >= 15 is 0 Å². The largest absolute Gasteiger partial charge is 0.494 e. The molecule has 5 heteroatoms. The van der Waals surface area contributed by atoms with Gasteiger partial charge in [0.15, 0.2) is 0 Å². The van der Waals surface area contributed by atoms with Crippen LogP contribution in [0.4, 0.5) is 4.39 Å². The van der Waals surface area contributed by atoms with Crippen LogP contribution in [-0.4, -0.2) is 25.3 Å². The first-order valence-corrected chi connectivity index (χ1v) is 10.1. The lowest BCUT2D eigenvalue weighted by molar-refractivity contribution is 0.0734. The molecule has 0 bridgehead atoms. The molecule has 1 unspecified atom stereocenters. The predicted octanol–water partition coefficient (Wildman–Crippen LogP) is 5.17. The summed E-state index contributed by atoms with van der Waals surface area (Å²) >= 11 is 0. The van der Waals surface area contributed by atoms with Gasteiger partial charge in [0.2, 0.25) is 0 Å². The maximum absolute atomic E-state index is 13.5. The SMILES string of the molecule is O=C(Oc1ccc2c(c1)Cc1cc(F)ccc1-2)c1ccc(OCCCC2CO2)cc1. The zero-order valence-corrected chi connectivity index (χ0v) is 16.4. The Morgan fingerprint density at radius 2 is 1.67 bits per heavy atom. The molecule has 0 amide bonds. The Balaban J connectivity index is 1.20. The lowest BCUT2D eigenvalue weighted by atomic mass is 10.1. The van der Waals surface area contributed by atoms with Gasteiger partial charge in [0, 0.05) is 0 Å². The van der Waals surface area contributed by atoms with Gasteiger partial charge in [-0.1, -0.05) is 12.1 Å². The van der Waals surface area contributed by atoms with Gasteiger partial charge in [0.1, 0.15) is 17.3 Å². The molecular weight excluding hydrogens is 383 g/mol. The molecule has 0 aromatic heterocycles. The summed E-state index contributed by atoms with van der Waals surface area (Å²) < 4.78 is 29.9. The van der Waals surface area contributed by atoms with Crippen LogP contribution in [-0.2, 0) is 11.2 Å². The number of rotatable bonds is 7. The molecule has 1 saturated heterocycles.